The Balaban J connectivity index is 2.03. The van der Waals surface area contributed by atoms with Crippen molar-refractivity contribution in [3.63, 3.8) is 0 Å². The molecule has 2 aromatic rings. The molecular formula is C17H24N2O2. The monoisotopic (exact) mass is 288 g/mol. The van der Waals surface area contributed by atoms with E-state index in [4.69, 9.17) is 9.72 Å². The van der Waals surface area contributed by atoms with Crippen molar-refractivity contribution in [1.29, 1.82) is 0 Å². The number of fused-ring (bicyclic) bond motifs is 1. The maximum absolute atomic E-state index is 11.4. The van der Waals surface area contributed by atoms with E-state index in [1.165, 1.54) is 5.52 Å². The third kappa shape index (κ3) is 3.84. The fourth-order valence-electron chi connectivity index (χ4n) is 2.54. The van der Waals surface area contributed by atoms with Crippen molar-refractivity contribution in [2.75, 3.05) is 6.61 Å². The van der Waals surface area contributed by atoms with Crippen molar-refractivity contribution < 1.29 is 9.53 Å². The van der Waals surface area contributed by atoms with E-state index in [1.807, 2.05) is 19.1 Å². The summed E-state index contributed by atoms with van der Waals surface area (Å²) in [4.78, 5) is 16.1. The van der Waals surface area contributed by atoms with Crippen molar-refractivity contribution in [2.24, 2.45) is 0 Å². The summed E-state index contributed by atoms with van der Waals surface area (Å²) in [5.41, 5.74) is 2.23. The number of hydrogen-bond acceptors (Lipinski definition) is 3. The molecule has 0 radical (unpaired) electrons. The molecule has 1 aromatic heterocycles. The minimum absolute atomic E-state index is 0.0999. The van der Waals surface area contributed by atoms with Crippen LogP contribution in [0.5, 0.6) is 0 Å². The summed E-state index contributed by atoms with van der Waals surface area (Å²) in [7, 11) is 0. The Morgan fingerprint density at radius 2 is 2.05 bits per heavy atom. The lowest BCUT2D eigenvalue weighted by molar-refractivity contribution is -0.143. The summed E-state index contributed by atoms with van der Waals surface area (Å²) < 4.78 is 7.24. The molecule has 1 aromatic carbocycles. The van der Waals surface area contributed by atoms with Crippen LogP contribution in [0.25, 0.3) is 11.0 Å². The molecule has 4 nitrogen and oxygen atoms in total. The van der Waals surface area contributed by atoms with Crippen LogP contribution in [0.1, 0.15) is 51.8 Å². The summed E-state index contributed by atoms with van der Waals surface area (Å²) in [5.74, 6) is 1.41. The second kappa shape index (κ2) is 7.25. The third-order valence-corrected chi connectivity index (χ3v) is 3.52. The van der Waals surface area contributed by atoms with Crippen molar-refractivity contribution in [1.82, 2.24) is 9.55 Å². The predicted octanol–water partition coefficient (Wildman–Crippen LogP) is 3.89. The lowest BCUT2D eigenvalue weighted by Crippen LogP contribution is -2.07. The number of benzene rings is 1. The molecule has 21 heavy (non-hydrogen) atoms. The summed E-state index contributed by atoms with van der Waals surface area (Å²) in [6, 6.07) is 8.23. The second-order valence-corrected chi connectivity index (χ2v) is 5.53. The van der Waals surface area contributed by atoms with Gasteiger partial charge in [-0.1, -0.05) is 26.0 Å². The van der Waals surface area contributed by atoms with E-state index in [0.29, 0.717) is 18.9 Å². The number of ether oxygens (including phenoxy) is 1. The molecule has 0 saturated heterocycles. The van der Waals surface area contributed by atoms with Gasteiger partial charge in [-0.25, -0.2) is 4.98 Å². The third-order valence-electron chi connectivity index (χ3n) is 3.52. The van der Waals surface area contributed by atoms with Gasteiger partial charge in [0.15, 0.2) is 0 Å². The highest BCUT2D eigenvalue weighted by Gasteiger charge is 2.13. The van der Waals surface area contributed by atoms with Gasteiger partial charge < -0.3 is 9.30 Å². The molecular weight excluding hydrogens is 264 g/mol. The SMILES string of the molecule is CCOC(=O)CCCCn1c(C(C)C)nc2ccccc21. The Morgan fingerprint density at radius 1 is 1.29 bits per heavy atom. The number of aryl methyl sites for hydroxylation is 1. The van der Waals surface area contributed by atoms with E-state index in [9.17, 15) is 4.79 Å². The highest BCUT2D eigenvalue weighted by atomic mass is 16.5. The molecule has 0 atom stereocenters. The number of hydrogen-bond donors (Lipinski definition) is 0. The van der Waals surface area contributed by atoms with E-state index in [0.717, 1.165) is 30.7 Å². The topological polar surface area (TPSA) is 44.1 Å². The van der Waals surface area contributed by atoms with Crippen molar-refractivity contribution in [3.8, 4) is 0 Å². The zero-order valence-corrected chi connectivity index (χ0v) is 13.1. The zero-order valence-electron chi connectivity index (χ0n) is 13.1. The van der Waals surface area contributed by atoms with Gasteiger partial charge in [-0.05, 0) is 31.9 Å². The van der Waals surface area contributed by atoms with Gasteiger partial charge in [0.1, 0.15) is 5.82 Å². The van der Waals surface area contributed by atoms with Crippen LogP contribution >= 0.6 is 0 Å². The zero-order chi connectivity index (χ0) is 15.2. The number of para-hydroxylation sites is 2. The quantitative estimate of drug-likeness (QED) is 0.573. The summed E-state index contributed by atoms with van der Waals surface area (Å²) in [6.45, 7) is 7.52. The standard InChI is InChI=1S/C17H24N2O2/c1-4-21-16(20)11-7-8-12-19-15-10-6-5-9-14(15)18-17(19)13(2)3/h5-6,9-10,13H,4,7-8,11-12H2,1-3H3. The van der Waals surface area contributed by atoms with Crippen LogP contribution < -0.4 is 0 Å². The van der Waals surface area contributed by atoms with Crippen LogP contribution in [0.4, 0.5) is 0 Å². The molecule has 0 unspecified atom stereocenters. The van der Waals surface area contributed by atoms with Gasteiger partial charge in [-0.2, -0.15) is 0 Å². The number of imidazole rings is 1. The molecule has 0 fully saturated rings. The van der Waals surface area contributed by atoms with Gasteiger partial charge in [0.05, 0.1) is 17.6 Å². The fraction of sp³-hybridized carbons (Fsp3) is 0.529. The first-order valence-electron chi connectivity index (χ1n) is 7.74. The van der Waals surface area contributed by atoms with Gasteiger partial charge in [0, 0.05) is 18.9 Å². The average molecular weight is 288 g/mol. The first-order chi connectivity index (χ1) is 10.1. The number of aromatic nitrogens is 2. The Labute approximate surface area is 126 Å². The molecule has 0 saturated carbocycles. The highest BCUT2D eigenvalue weighted by molar-refractivity contribution is 5.76. The molecule has 114 valence electrons. The van der Waals surface area contributed by atoms with E-state index in [-0.39, 0.29) is 5.97 Å². The number of esters is 1. The first kappa shape index (κ1) is 15.5. The molecule has 0 amide bonds. The molecule has 0 spiro atoms. The Bertz CT molecular complexity index is 602. The van der Waals surface area contributed by atoms with Crippen LogP contribution in [-0.2, 0) is 16.1 Å². The molecule has 0 aliphatic rings. The van der Waals surface area contributed by atoms with Gasteiger partial charge in [0.2, 0.25) is 0 Å². The van der Waals surface area contributed by atoms with Crippen LogP contribution in [0.2, 0.25) is 0 Å². The minimum atomic E-state index is -0.0999. The largest absolute Gasteiger partial charge is 0.466 e. The summed E-state index contributed by atoms with van der Waals surface area (Å²) >= 11 is 0. The van der Waals surface area contributed by atoms with Crippen molar-refractivity contribution in [3.05, 3.63) is 30.1 Å². The number of carbonyl (C=O) groups is 1. The van der Waals surface area contributed by atoms with Crippen LogP contribution in [-0.4, -0.2) is 22.1 Å². The lowest BCUT2D eigenvalue weighted by atomic mass is 10.2. The van der Waals surface area contributed by atoms with E-state index in [2.05, 4.69) is 30.5 Å². The van der Waals surface area contributed by atoms with E-state index < -0.39 is 0 Å². The molecule has 0 bridgehead atoms. The average Bonchev–Trinajstić information content (AvgIpc) is 2.83. The number of carbonyl (C=O) groups excluding carboxylic acids is 1. The van der Waals surface area contributed by atoms with E-state index >= 15 is 0 Å². The van der Waals surface area contributed by atoms with Gasteiger partial charge >= 0.3 is 5.97 Å². The normalized spacial score (nSPS) is 11.2. The van der Waals surface area contributed by atoms with Gasteiger partial charge in [-0.15, -0.1) is 0 Å². The lowest BCUT2D eigenvalue weighted by Gasteiger charge is -2.11. The summed E-state index contributed by atoms with van der Waals surface area (Å²) in [5, 5.41) is 0. The van der Waals surface area contributed by atoms with Crippen molar-refractivity contribution >= 4 is 17.0 Å². The van der Waals surface area contributed by atoms with Crippen LogP contribution in [0.3, 0.4) is 0 Å². The molecule has 0 N–H and O–H groups in total. The molecule has 0 aliphatic carbocycles. The maximum Gasteiger partial charge on any atom is 0.305 e. The second-order valence-electron chi connectivity index (χ2n) is 5.53. The van der Waals surface area contributed by atoms with Gasteiger partial charge in [-0.3, -0.25) is 4.79 Å². The van der Waals surface area contributed by atoms with Gasteiger partial charge in [0.25, 0.3) is 0 Å². The van der Waals surface area contributed by atoms with Crippen LogP contribution in [0.15, 0.2) is 24.3 Å². The number of rotatable bonds is 7. The summed E-state index contributed by atoms with van der Waals surface area (Å²) in [6.07, 6.45) is 2.30. The van der Waals surface area contributed by atoms with E-state index in [1.54, 1.807) is 0 Å². The number of nitrogens with zero attached hydrogens (tertiary/aromatic N) is 2. The smallest absolute Gasteiger partial charge is 0.305 e. The molecule has 1 heterocycles. The maximum atomic E-state index is 11.4. The predicted molar refractivity (Wildman–Crippen MR) is 84.3 cm³/mol. The minimum Gasteiger partial charge on any atom is -0.466 e. The molecule has 4 heteroatoms. The fourth-order valence-corrected chi connectivity index (χ4v) is 2.54. The number of unbranched alkanes of at least 4 members (excludes halogenated alkanes) is 1. The highest BCUT2D eigenvalue weighted by Crippen LogP contribution is 2.22. The molecule has 0 aliphatic heterocycles. The molecule has 2 rings (SSSR count). The Kier molecular flexibility index (Phi) is 5.37. The Morgan fingerprint density at radius 3 is 2.76 bits per heavy atom. The first-order valence-corrected chi connectivity index (χ1v) is 7.74. The van der Waals surface area contributed by atoms with Crippen molar-refractivity contribution in [2.45, 2.75) is 52.5 Å². The Hall–Kier alpha value is -1.84. The van der Waals surface area contributed by atoms with Crippen LogP contribution in [0, 0.1) is 0 Å².